The van der Waals surface area contributed by atoms with Crippen molar-refractivity contribution in [3.8, 4) is 5.75 Å². The molecule has 168 valence electrons. The molecule has 1 aliphatic heterocycles. The SMILES string of the molecule is CCOc1ccc(/C=C2/C(=O)N(CCOC)C(=O)N(c3ccccc3)C2=O)c2ccccc12. The molecule has 0 spiro atoms. The Kier molecular flexibility index (Phi) is 6.51. The van der Waals surface area contributed by atoms with Gasteiger partial charge < -0.3 is 9.47 Å². The number of carbonyl (C=O) groups is 3. The second kappa shape index (κ2) is 9.67. The van der Waals surface area contributed by atoms with Crippen molar-refractivity contribution in [2.45, 2.75) is 6.92 Å². The van der Waals surface area contributed by atoms with Crippen molar-refractivity contribution in [2.24, 2.45) is 0 Å². The van der Waals surface area contributed by atoms with Crippen LogP contribution in [-0.4, -0.2) is 49.6 Å². The molecule has 7 nitrogen and oxygen atoms in total. The molecule has 3 aromatic rings. The van der Waals surface area contributed by atoms with Crippen LogP contribution in [0, 0.1) is 0 Å². The molecule has 0 aliphatic carbocycles. The van der Waals surface area contributed by atoms with E-state index in [1.165, 1.54) is 7.11 Å². The van der Waals surface area contributed by atoms with E-state index in [1.54, 1.807) is 36.4 Å². The number of hydrogen-bond donors (Lipinski definition) is 0. The van der Waals surface area contributed by atoms with Gasteiger partial charge in [-0.25, -0.2) is 9.69 Å². The van der Waals surface area contributed by atoms with Gasteiger partial charge in [0.1, 0.15) is 11.3 Å². The van der Waals surface area contributed by atoms with Crippen molar-refractivity contribution >= 4 is 40.4 Å². The zero-order valence-electron chi connectivity index (χ0n) is 18.5. The number of ether oxygens (including phenoxy) is 2. The predicted octanol–water partition coefficient (Wildman–Crippen LogP) is 4.26. The number of rotatable bonds is 7. The molecule has 7 heteroatoms. The van der Waals surface area contributed by atoms with Gasteiger partial charge in [-0.1, -0.05) is 48.5 Å². The number of para-hydroxylation sites is 1. The Hall–Kier alpha value is -3.97. The number of carbonyl (C=O) groups excluding carboxylic acids is 3. The Morgan fingerprint density at radius 2 is 1.55 bits per heavy atom. The molecular weight excluding hydrogens is 420 g/mol. The number of urea groups is 1. The smallest absolute Gasteiger partial charge is 0.338 e. The Labute approximate surface area is 191 Å². The quantitative estimate of drug-likeness (QED) is 0.402. The van der Waals surface area contributed by atoms with Crippen molar-refractivity contribution in [2.75, 3.05) is 31.8 Å². The van der Waals surface area contributed by atoms with E-state index in [9.17, 15) is 14.4 Å². The number of fused-ring (bicyclic) bond motifs is 1. The van der Waals surface area contributed by atoms with Crippen molar-refractivity contribution < 1.29 is 23.9 Å². The van der Waals surface area contributed by atoms with Gasteiger partial charge in [0.15, 0.2) is 0 Å². The van der Waals surface area contributed by atoms with Crippen LogP contribution in [0.2, 0.25) is 0 Å². The summed E-state index contributed by atoms with van der Waals surface area (Å²) in [5.74, 6) is -0.589. The molecule has 4 rings (SSSR count). The molecule has 0 atom stereocenters. The maximum Gasteiger partial charge on any atom is 0.338 e. The van der Waals surface area contributed by atoms with Crippen molar-refractivity contribution in [3.05, 3.63) is 77.9 Å². The van der Waals surface area contributed by atoms with E-state index in [1.807, 2.05) is 43.3 Å². The van der Waals surface area contributed by atoms with Gasteiger partial charge in [-0.3, -0.25) is 14.5 Å². The molecule has 4 amide bonds. The molecule has 3 aromatic carbocycles. The van der Waals surface area contributed by atoms with Gasteiger partial charge in [0.05, 0.1) is 25.4 Å². The Morgan fingerprint density at radius 3 is 2.24 bits per heavy atom. The fourth-order valence-corrected chi connectivity index (χ4v) is 3.82. The summed E-state index contributed by atoms with van der Waals surface area (Å²) in [6.45, 7) is 2.62. The van der Waals surface area contributed by atoms with Crippen LogP contribution in [0.15, 0.2) is 72.3 Å². The maximum absolute atomic E-state index is 13.4. The number of anilines is 1. The monoisotopic (exact) mass is 444 g/mol. The third-order valence-corrected chi connectivity index (χ3v) is 5.38. The molecule has 0 bridgehead atoms. The highest BCUT2D eigenvalue weighted by atomic mass is 16.5. The summed E-state index contributed by atoms with van der Waals surface area (Å²) in [5, 5.41) is 1.71. The second-order valence-electron chi connectivity index (χ2n) is 7.40. The number of nitrogens with zero attached hydrogens (tertiary/aromatic N) is 2. The van der Waals surface area contributed by atoms with Gasteiger partial charge in [-0.2, -0.15) is 0 Å². The van der Waals surface area contributed by atoms with E-state index in [0.717, 1.165) is 26.3 Å². The average Bonchev–Trinajstić information content (AvgIpc) is 2.84. The van der Waals surface area contributed by atoms with Gasteiger partial charge in [0, 0.05) is 12.5 Å². The third kappa shape index (κ3) is 4.23. The highest BCUT2D eigenvalue weighted by Gasteiger charge is 2.42. The number of hydrogen-bond acceptors (Lipinski definition) is 5. The van der Waals surface area contributed by atoms with E-state index in [0.29, 0.717) is 17.9 Å². The lowest BCUT2D eigenvalue weighted by Crippen LogP contribution is -2.57. The van der Waals surface area contributed by atoms with Gasteiger partial charge in [0.2, 0.25) is 0 Å². The first-order chi connectivity index (χ1) is 16.1. The molecule has 0 aromatic heterocycles. The number of amides is 4. The zero-order valence-corrected chi connectivity index (χ0v) is 18.5. The summed E-state index contributed by atoms with van der Waals surface area (Å²) in [7, 11) is 1.49. The highest BCUT2D eigenvalue weighted by molar-refractivity contribution is 6.39. The Bertz CT molecular complexity index is 1240. The summed E-state index contributed by atoms with van der Waals surface area (Å²) < 4.78 is 10.8. The zero-order chi connectivity index (χ0) is 23.4. The molecule has 1 fully saturated rings. The fourth-order valence-electron chi connectivity index (χ4n) is 3.82. The third-order valence-electron chi connectivity index (χ3n) is 5.38. The number of benzene rings is 3. The Morgan fingerprint density at radius 1 is 0.848 bits per heavy atom. The van der Waals surface area contributed by atoms with Crippen LogP contribution in [0.3, 0.4) is 0 Å². The summed E-state index contributed by atoms with van der Waals surface area (Å²) in [6, 6.07) is 19.1. The van der Waals surface area contributed by atoms with Gasteiger partial charge in [-0.15, -0.1) is 0 Å². The lowest BCUT2D eigenvalue weighted by molar-refractivity contribution is -0.129. The molecular formula is C26H24N2O5. The average molecular weight is 444 g/mol. The van der Waals surface area contributed by atoms with Gasteiger partial charge in [-0.05, 0) is 42.1 Å². The first-order valence-electron chi connectivity index (χ1n) is 10.7. The van der Waals surface area contributed by atoms with E-state index < -0.39 is 17.8 Å². The number of methoxy groups -OCH3 is 1. The van der Waals surface area contributed by atoms with Crippen molar-refractivity contribution in [1.29, 1.82) is 0 Å². The van der Waals surface area contributed by atoms with E-state index in [-0.39, 0.29) is 18.7 Å². The number of barbiturate groups is 1. The molecule has 0 N–H and O–H groups in total. The van der Waals surface area contributed by atoms with Crippen LogP contribution in [0.25, 0.3) is 16.8 Å². The lowest BCUT2D eigenvalue weighted by Gasteiger charge is -2.33. The van der Waals surface area contributed by atoms with E-state index in [2.05, 4.69) is 0 Å². The molecule has 1 aliphatic rings. The normalized spacial score (nSPS) is 15.6. The molecule has 0 radical (unpaired) electrons. The first-order valence-corrected chi connectivity index (χ1v) is 10.7. The van der Waals surface area contributed by atoms with Gasteiger partial charge >= 0.3 is 6.03 Å². The lowest BCUT2D eigenvalue weighted by atomic mass is 9.99. The number of imide groups is 2. The minimum atomic E-state index is -0.693. The molecule has 0 unspecified atom stereocenters. The molecule has 1 saturated heterocycles. The topological polar surface area (TPSA) is 76.2 Å². The summed E-state index contributed by atoms with van der Waals surface area (Å²) in [4.78, 5) is 41.8. The van der Waals surface area contributed by atoms with Crippen LogP contribution < -0.4 is 9.64 Å². The van der Waals surface area contributed by atoms with E-state index in [4.69, 9.17) is 9.47 Å². The minimum absolute atomic E-state index is 0.0339. The largest absolute Gasteiger partial charge is 0.493 e. The van der Waals surface area contributed by atoms with Crippen LogP contribution in [-0.2, 0) is 14.3 Å². The van der Waals surface area contributed by atoms with Crippen LogP contribution in [0.1, 0.15) is 12.5 Å². The van der Waals surface area contributed by atoms with Crippen LogP contribution in [0.5, 0.6) is 5.75 Å². The van der Waals surface area contributed by atoms with Crippen molar-refractivity contribution in [1.82, 2.24) is 4.90 Å². The van der Waals surface area contributed by atoms with E-state index >= 15 is 0 Å². The fraction of sp³-hybridized carbons (Fsp3) is 0.192. The highest BCUT2D eigenvalue weighted by Crippen LogP contribution is 2.32. The molecule has 33 heavy (non-hydrogen) atoms. The Balaban J connectivity index is 1.85. The molecule has 0 saturated carbocycles. The van der Waals surface area contributed by atoms with Crippen LogP contribution in [0.4, 0.5) is 10.5 Å². The second-order valence-corrected chi connectivity index (χ2v) is 7.40. The summed E-state index contributed by atoms with van der Waals surface area (Å²) in [6.07, 6.45) is 1.55. The van der Waals surface area contributed by atoms with Crippen molar-refractivity contribution in [3.63, 3.8) is 0 Å². The first kappa shape index (κ1) is 22.2. The van der Waals surface area contributed by atoms with Crippen LogP contribution >= 0.6 is 0 Å². The summed E-state index contributed by atoms with van der Waals surface area (Å²) >= 11 is 0. The van der Waals surface area contributed by atoms with Gasteiger partial charge in [0.25, 0.3) is 11.8 Å². The summed E-state index contributed by atoms with van der Waals surface area (Å²) in [5.41, 5.74) is 0.980. The maximum atomic E-state index is 13.4. The minimum Gasteiger partial charge on any atom is -0.493 e. The molecule has 1 heterocycles. The predicted molar refractivity (Wildman–Crippen MR) is 126 cm³/mol. The standard InChI is InChI=1S/C26H24N2O5/c1-3-33-23-14-13-18(20-11-7-8-12-21(20)23)17-22-24(29)27(15-16-32-2)26(31)28(25(22)30)19-9-5-4-6-10-19/h4-14,17H,3,15-16H2,1-2H3/b22-17-.